The highest BCUT2D eigenvalue weighted by atomic mass is 16.7. The minimum absolute atomic E-state index is 0.168. The maximum Gasteiger partial charge on any atom is 0.338 e. The lowest BCUT2D eigenvalue weighted by atomic mass is 10.1. The minimum atomic E-state index is -1.50. The Balaban J connectivity index is 1.43. The van der Waals surface area contributed by atoms with E-state index >= 15 is 0 Å². The summed E-state index contributed by atoms with van der Waals surface area (Å²) in [5, 5.41) is 0. The molecule has 0 spiro atoms. The fourth-order valence-electron chi connectivity index (χ4n) is 4.88. The smallest absolute Gasteiger partial charge is 0.338 e. The number of fused-ring (bicyclic) bond motifs is 1. The van der Waals surface area contributed by atoms with E-state index in [0.29, 0.717) is 0 Å². The molecule has 45 heavy (non-hydrogen) atoms. The van der Waals surface area contributed by atoms with E-state index in [0.717, 1.165) is 4.57 Å². The first kappa shape index (κ1) is 29.1. The molecule has 1 fully saturated rings. The summed E-state index contributed by atoms with van der Waals surface area (Å²) >= 11 is 0. The van der Waals surface area contributed by atoms with Crippen LogP contribution in [0.2, 0.25) is 0 Å². The summed E-state index contributed by atoms with van der Waals surface area (Å²) in [6, 6.07) is 24.3. The Labute approximate surface area is 254 Å². The van der Waals surface area contributed by atoms with Crippen LogP contribution in [-0.4, -0.2) is 62.3 Å². The molecule has 3 heterocycles. The zero-order valence-electron chi connectivity index (χ0n) is 23.3. The Kier molecular flexibility index (Phi) is 8.24. The third-order valence-electron chi connectivity index (χ3n) is 6.99. The molecule has 0 radical (unpaired) electrons. The molecule has 226 valence electrons. The van der Waals surface area contributed by atoms with Crippen LogP contribution in [0.4, 0.5) is 0 Å². The van der Waals surface area contributed by atoms with Crippen LogP contribution in [0.1, 0.15) is 37.3 Å². The number of aromatic nitrogens is 4. The van der Waals surface area contributed by atoms with Crippen LogP contribution in [0.5, 0.6) is 0 Å². The lowest BCUT2D eigenvalue weighted by Crippen LogP contribution is -2.43. The predicted octanol–water partition coefficient (Wildman–Crippen LogP) is 2.69. The van der Waals surface area contributed by atoms with Crippen LogP contribution in [0.3, 0.4) is 0 Å². The van der Waals surface area contributed by atoms with Gasteiger partial charge < -0.3 is 18.9 Å². The van der Waals surface area contributed by atoms with Gasteiger partial charge in [0.15, 0.2) is 29.6 Å². The maximum absolute atomic E-state index is 13.4. The van der Waals surface area contributed by atoms with Crippen molar-refractivity contribution in [1.29, 1.82) is 0 Å². The predicted molar refractivity (Wildman–Crippen MR) is 156 cm³/mol. The SMILES string of the molecule is O=C(OC[C@H]1O[C@H](n2c(=O)[nH]c(=O)c3nccnc32)[C@@H](OC(=O)c2ccccc2)[C@@H]1OC(=O)c1ccccc1)c1ccccc1. The summed E-state index contributed by atoms with van der Waals surface area (Å²) in [6.45, 7) is -0.460. The highest BCUT2D eigenvalue weighted by Gasteiger charge is 2.52. The second-order valence-electron chi connectivity index (χ2n) is 9.86. The molecule has 0 saturated carbocycles. The van der Waals surface area contributed by atoms with Gasteiger partial charge in [-0.15, -0.1) is 0 Å². The molecular weight excluding hydrogens is 584 g/mol. The number of aromatic amines is 1. The molecule has 1 saturated heterocycles. The van der Waals surface area contributed by atoms with Crippen molar-refractivity contribution >= 4 is 29.1 Å². The van der Waals surface area contributed by atoms with E-state index in [9.17, 15) is 24.0 Å². The quantitative estimate of drug-likeness (QED) is 0.203. The van der Waals surface area contributed by atoms with Crippen molar-refractivity contribution in [2.75, 3.05) is 6.61 Å². The number of benzene rings is 3. The first-order valence-corrected chi connectivity index (χ1v) is 13.8. The van der Waals surface area contributed by atoms with Gasteiger partial charge in [-0.2, -0.15) is 0 Å². The molecule has 5 aromatic rings. The van der Waals surface area contributed by atoms with Gasteiger partial charge in [-0.1, -0.05) is 54.6 Å². The second-order valence-corrected chi connectivity index (χ2v) is 9.86. The van der Waals surface area contributed by atoms with E-state index in [4.69, 9.17) is 18.9 Å². The van der Waals surface area contributed by atoms with Gasteiger partial charge in [-0.05, 0) is 36.4 Å². The molecule has 0 aliphatic carbocycles. The normalized spacial score (nSPS) is 19.1. The van der Waals surface area contributed by atoms with Gasteiger partial charge in [-0.25, -0.2) is 33.7 Å². The Bertz CT molecular complexity index is 1960. The fraction of sp³-hybridized carbons (Fsp3) is 0.156. The third kappa shape index (κ3) is 6.10. The van der Waals surface area contributed by atoms with Crippen LogP contribution in [0.25, 0.3) is 11.2 Å². The van der Waals surface area contributed by atoms with Crippen molar-refractivity contribution in [3.05, 3.63) is 141 Å². The molecule has 1 aliphatic rings. The number of carbonyl (C=O) groups excluding carboxylic acids is 3. The highest BCUT2D eigenvalue weighted by Crippen LogP contribution is 2.35. The van der Waals surface area contributed by atoms with Gasteiger partial charge in [-0.3, -0.25) is 9.78 Å². The van der Waals surface area contributed by atoms with E-state index in [-0.39, 0.29) is 27.9 Å². The summed E-state index contributed by atoms with van der Waals surface area (Å²) in [5.74, 6) is -2.29. The van der Waals surface area contributed by atoms with Crippen molar-refractivity contribution in [2.24, 2.45) is 0 Å². The monoisotopic (exact) mass is 608 g/mol. The molecule has 6 rings (SSSR count). The van der Waals surface area contributed by atoms with Crippen LogP contribution >= 0.6 is 0 Å². The second kappa shape index (κ2) is 12.7. The zero-order chi connectivity index (χ0) is 31.3. The molecule has 0 bridgehead atoms. The van der Waals surface area contributed by atoms with Crippen LogP contribution in [-0.2, 0) is 18.9 Å². The molecular formula is C32H24N4O9. The molecule has 3 aromatic carbocycles. The van der Waals surface area contributed by atoms with Crippen LogP contribution in [0.15, 0.2) is 113 Å². The van der Waals surface area contributed by atoms with Crippen molar-refractivity contribution in [2.45, 2.75) is 24.5 Å². The largest absolute Gasteiger partial charge is 0.459 e. The molecule has 1 N–H and O–H groups in total. The number of esters is 3. The Morgan fingerprint density at radius 2 is 1.22 bits per heavy atom. The highest BCUT2D eigenvalue weighted by molar-refractivity contribution is 5.91. The molecule has 2 aromatic heterocycles. The maximum atomic E-state index is 13.4. The van der Waals surface area contributed by atoms with Crippen LogP contribution in [0, 0.1) is 0 Å². The number of carbonyl (C=O) groups is 3. The van der Waals surface area contributed by atoms with Crippen LogP contribution < -0.4 is 11.2 Å². The standard InChI is InChI=1S/C32H24N4O9/c37-27-23-26(34-17-16-33-23)36(32(41)35-27)28-25(45-31(40)21-14-8-3-9-15-21)24(44-30(39)20-12-6-2-7-13-20)22(43-28)18-42-29(38)19-10-4-1-5-11-19/h1-17,22,24-25,28H,18H2,(H,35,37,41)/t22-,24-,25+,28+/m1/s1. The molecule has 4 atom stereocenters. The average molecular weight is 609 g/mol. The first-order valence-electron chi connectivity index (χ1n) is 13.8. The Morgan fingerprint density at radius 3 is 1.80 bits per heavy atom. The number of ether oxygens (including phenoxy) is 4. The van der Waals surface area contributed by atoms with E-state index < -0.39 is 60.3 Å². The van der Waals surface area contributed by atoms with Gasteiger partial charge in [0.2, 0.25) is 0 Å². The molecule has 1 aliphatic heterocycles. The molecule has 13 heteroatoms. The number of hydrogen-bond acceptors (Lipinski definition) is 11. The number of H-pyrrole nitrogens is 1. The van der Waals surface area contributed by atoms with Gasteiger partial charge in [0.05, 0.1) is 16.7 Å². The van der Waals surface area contributed by atoms with Gasteiger partial charge in [0, 0.05) is 12.4 Å². The van der Waals surface area contributed by atoms with Gasteiger partial charge >= 0.3 is 23.6 Å². The summed E-state index contributed by atoms with van der Waals surface area (Å²) < 4.78 is 24.4. The molecule has 0 unspecified atom stereocenters. The van der Waals surface area contributed by atoms with Crippen molar-refractivity contribution in [3.63, 3.8) is 0 Å². The average Bonchev–Trinajstić information content (AvgIpc) is 3.40. The van der Waals surface area contributed by atoms with Gasteiger partial charge in [0.1, 0.15) is 12.7 Å². The summed E-state index contributed by atoms with van der Waals surface area (Å²) in [6.07, 6.45) is -3.09. The van der Waals surface area contributed by atoms with Gasteiger partial charge in [0.25, 0.3) is 5.56 Å². The zero-order valence-corrected chi connectivity index (χ0v) is 23.3. The van der Waals surface area contributed by atoms with E-state index in [2.05, 4.69) is 15.0 Å². The lowest BCUT2D eigenvalue weighted by molar-refractivity contribution is -0.0623. The van der Waals surface area contributed by atoms with E-state index in [1.807, 2.05) is 0 Å². The number of nitrogens with one attached hydrogen (secondary N) is 1. The summed E-state index contributed by atoms with van der Waals surface area (Å²) in [7, 11) is 0. The first-order chi connectivity index (χ1) is 21.9. The molecule has 13 nitrogen and oxygen atoms in total. The Hall–Kier alpha value is -5.95. The van der Waals surface area contributed by atoms with Crippen molar-refractivity contribution in [3.8, 4) is 0 Å². The third-order valence-corrected chi connectivity index (χ3v) is 6.99. The van der Waals surface area contributed by atoms with E-state index in [1.54, 1.807) is 66.7 Å². The number of hydrogen-bond donors (Lipinski definition) is 1. The summed E-state index contributed by atoms with van der Waals surface area (Å²) in [4.78, 5) is 75.7. The summed E-state index contributed by atoms with van der Waals surface area (Å²) in [5.41, 5.74) is -1.49. The van der Waals surface area contributed by atoms with Crippen molar-refractivity contribution in [1.82, 2.24) is 19.5 Å². The van der Waals surface area contributed by atoms with Crippen molar-refractivity contribution < 1.29 is 33.3 Å². The Morgan fingerprint density at radius 1 is 0.711 bits per heavy atom. The number of rotatable bonds is 8. The fourth-order valence-corrected chi connectivity index (χ4v) is 4.88. The van der Waals surface area contributed by atoms with E-state index in [1.165, 1.54) is 36.7 Å². The number of nitrogens with zero attached hydrogens (tertiary/aromatic N) is 3. The lowest BCUT2D eigenvalue weighted by Gasteiger charge is -2.25. The minimum Gasteiger partial charge on any atom is -0.459 e. The molecule has 0 amide bonds. The topological polar surface area (TPSA) is 169 Å².